The van der Waals surface area contributed by atoms with Crippen LogP contribution in [0.1, 0.15) is 24.1 Å². The van der Waals surface area contributed by atoms with Crippen LogP contribution in [0.3, 0.4) is 0 Å². The molecule has 0 saturated heterocycles. The van der Waals surface area contributed by atoms with Gasteiger partial charge in [-0.15, -0.1) is 0 Å². The first kappa shape index (κ1) is 11.5. The molecule has 1 aromatic carbocycles. The van der Waals surface area contributed by atoms with Crippen molar-refractivity contribution in [3.63, 3.8) is 0 Å². The van der Waals surface area contributed by atoms with E-state index >= 15 is 0 Å². The molecule has 86 valence electrons. The second-order valence-electron chi connectivity index (χ2n) is 3.96. The summed E-state index contributed by atoms with van der Waals surface area (Å²) in [5.41, 5.74) is 0.999. The third kappa shape index (κ3) is 1.85. The lowest BCUT2D eigenvalue weighted by atomic mass is 9.90. The highest BCUT2D eigenvalue weighted by Crippen LogP contribution is 2.33. The van der Waals surface area contributed by atoms with Gasteiger partial charge in [-0.3, -0.25) is 10.1 Å². The fourth-order valence-electron chi connectivity index (χ4n) is 2.06. The molecular weight excluding hydrogens is 277 g/mol. The van der Waals surface area contributed by atoms with Gasteiger partial charge in [0.2, 0.25) is 0 Å². The Morgan fingerprint density at radius 3 is 2.94 bits per heavy atom. The van der Waals surface area contributed by atoms with E-state index in [9.17, 15) is 9.18 Å². The van der Waals surface area contributed by atoms with E-state index in [2.05, 4.69) is 21.2 Å². The SMILES string of the molecule is CC1Cc2c(Br)ccc(F)c2C(C(=O)O)N1. The number of rotatable bonds is 1. The summed E-state index contributed by atoms with van der Waals surface area (Å²) < 4.78 is 14.4. The Morgan fingerprint density at radius 1 is 1.62 bits per heavy atom. The second kappa shape index (κ2) is 4.14. The molecule has 2 N–H and O–H groups in total. The number of carboxylic acid groups (broad SMARTS) is 1. The van der Waals surface area contributed by atoms with Crippen LogP contribution in [0.2, 0.25) is 0 Å². The van der Waals surface area contributed by atoms with E-state index in [0.29, 0.717) is 6.42 Å². The zero-order chi connectivity index (χ0) is 11.9. The number of nitrogens with one attached hydrogen (secondary N) is 1. The first-order valence-electron chi connectivity index (χ1n) is 4.96. The van der Waals surface area contributed by atoms with Gasteiger partial charge in [0.15, 0.2) is 0 Å². The van der Waals surface area contributed by atoms with Crippen LogP contribution in [0, 0.1) is 5.82 Å². The number of halogens is 2. The lowest BCUT2D eigenvalue weighted by molar-refractivity contribution is -0.140. The van der Waals surface area contributed by atoms with Gasteiger partial charge in [0.05, 0.1) is 0 Å². The average Bonchev–Trinajstić information content (AvgIpc) is 2.22. The second-order valence-corrected chi connectivity index (χ2v) is 4.82. The number of carbonyl (C=O) groups is 1. The Balaban J connectivity index is 2.60. The maximum absolute atomic E-state index is 13.7. The zero-order valence-electron chi connectivity index (χ0n) is 8.63. The fourth-order valence-corrected chi connectivity index (χ4v) is 2.56. The van der Waals surface area contributed by atoms with Gasteiger partial charge in [0, 0.05) is 16.1 Å². The number of carboxylic acids is 1. The Hall–Kier alpha value is -0.940. The number of aliphatic carboxylic acids is 1. The van der Waals surface area contributed by atoms with Gasteiger partial charge in [-0.2, -0.15) is 0 Å². The highest BCUT2D eigenvalue weighted by atomic mass is 79.9. The van der Waals surface area contributed by atoms with Crippen LogP contribution >= 0.6 is 15.9 Å². The van der Waals surface area contributed by atoms with Crippen molar-refractivity contribution in [2.24, 2.45) is 0 Å². The van der Waals surface area contributed by atoms with Crippen LogP contribution < -0.4 is 5.32 Å². The molecule has 2 rings (SSSR count). The van der Waals surface area contributed by atoms with E-state index in [1.54, 1.807) is 6.07 Å². The van der Waals surface area contributed by atoms with Crippen LogP contribution in [0.15, 0.2) is 16.6 Å². The van der Waals surface area contributed by atoms with E-state index < -0.39 is 17.8 Å². The first-order chi connectivity index (χ1) is 7.50. The summed E-state index contributed by atoms with van der Waals surface area (Å²) in [5, 5.41) is 12.0. The van der Waals surface area contributed by atoms with E-state index in [1.807, 2.05) is 6.92 Å². The molecule has 3 nitrogen and oxygen atoms in total. The van der Waals surface area contributed by atoms with E-state index in [4.69, 9.17) is 5.11 Å². The summed E-state index contributed by atoms with van der Waals surface area (Å²) in [4.78, 5) is 11.1. The Labute approximate surface area is 101 Å². The molecule has 0 radical (unpaired) electrons. The van der Waals surface area contributed by atoms with Gasteiger partial charge in [0.25, 0.3) is 0 Å². The molecule has 2 unspecified atom stereocenters. The summed E-state index contributed by atoms with van der Waals surface area (Å²) in [6.45, 7) is 1.89. The highest BCUT2D eigenvalue weighted by Gasteiger charge is 2.32. The molecule has 0 aliphatic carbocycles. The largest absolute Gasteiger partial charge is 0.480 e. The quantitative estimate of drug-likeness (QED) is 0.833. The van der Waals surface area contributed by atoms with E-state index in [0.717, 1.165) is 10.0 Å². The summed E-state index contributed by atoms with van der Waals surface area (Å²) in [5.74, 6) is -1.52. The normalized spacial score (nSPS) is 23.9. The topological polar surface area (TPSA) is 49.3 Å². The van der Waals surface area contributed by atoms with Crippen LogP contribution in [-0.4, -0.2) is 17.1 Å². The maximum Gasteiger partial charge on any atom is 0.325 e. The van der Waals surface area contributed by atoms with Crippen LogP contribution in [0.4, 0.5) is 4.39 Å². The molecule has 0 bridgehead atoms. The molecular formula is C11H11BrFNO2. The van der Waals surface area contributed by atoms with Crippen molar-refractivity contribution < 1.29 is 14.3 Å². The van der Waals surface area contributed by atoms with Crippen molar-refractivity contribution in [1.29, 1.82) is 0 Å². The summed E-state index contributed by atoms with van der Waals surface area (Å²) in [7, 11) is 0. The number of fused-ring (bicyclic) bond motifs is 1. The van der Waals surface area contributed by atoms with Crippen LogP contribution in [-0.2, 0) is 11.2 Å². The summed E-state index contributed by atoms with van der Waals surface area (Å²) in [6, 6.07) is 1.96. The zero-order valence-corrected chi connectivity index (χ0v) is 10.2. The van der Waals surface area contributed by atoms with Crippen molar-refractivity contribution >= 4 is 21.9 Å². The Morgan fingerprint density at radius 2 is 2.31 bits per heavy atom. The smallest absolute Gasteiger partial charge is 0.325 e. The lowest BCUT2D eigenvalue weighted by Gasteiger charge is -2.29. The molecule has 16 heavy (non-hydrogen) atoms. The molecule has 0 aromatic heterocycles. The number of hydrogen-bond acceptors (Lipinski definition) is 2. The minimum absolute atomic E-state index is 0.0201. The third-order valence-electron chi connectivity index (χ3n) is 2.74. The molecule has 1 heterocycles. The molecule has 1 aromatic rings. The van der Waals surface area contributed by atoms with Crippen LogP contribution in [0.25, 0.3) is 0 Å². The maximum atomic E-state index is 13.7. The van der Waals surface area contributed by atoms with Gasteiger partial charge in [0.1, 0.15) is 11.9 Å². The molecule has 0 amide bonds. The predicted molar refractivity (Wildman–Crippen MR) is 60.8 cm³/mol. The van der Waals surface area contributed by atoms with Gasteiger partial charge >= 0.3 is 5.97 Å². The van der Waals surface area contributed by atoms with Gasteiger partial charge < -0.3 is 5.11 Å². The lowest BCUT2D eigenvalue weighted by Crippen LogP contribution is -2.41. The Bertz CT molecular complexity index is 450. The van der Waals surface area contributed by atoms with Crippen molar-refractivity contribution in [2.75, 3.05) is 0 Å². The van der Waals surface area contributed by atoms with E-state index in [-0.39, 0.29) is 11.6 Å². The van der Waals surface area contributed by atoms with Crippen molar-refractivity contribution in [1.82, 2.24) is 5.32 Å². The Kier molecular flexibility index (Phi) is 2.99. The molecule has 2 atom stereocenters. The summed E-state index contributed by atoms with van der Waals surface area (Å²) >= 11 is 3.33. The first-order valence-corrected chi connectivity index (χ1v) is 5.75. The minimum atomic E-state index is -1.05. The average molecular weight is 288 g/mol. The van der Waals surface area contributed by atoms with Crippen molar-refractivity contribution in [3.05, 3.63) is 33.5 Å². The molecule has 0 saturated carbocycles. The van der Waals surface area contributed by atoms with Gasteiger partial charge in [-0.1, -0.05) is 15.9 Å². The van der Waals surface area contributed by atoms with E-state index in [1.165, 1.54) is 6.07 Å². The summed E-state index contributed by atoms with van der Waals surface area (Å²) in [6.07, 6.45) is 0.622. The molecule has 5 heteroatoms. The third-order valence-corrected chi connectivity index (χ3v) is 3.49. The van der Waals surface area contributed by atoms with Gasteiger partial charge in [-0.25, -0.2) is 4.39 Å². The molecule has 0 spiro atoms. The number of hydrogen-bond donors (Lipinski definition) is 2. The highest BCUT2D eigenvalue weighted by molar-refractivity contribution is 9.10. The standard InChI is InChI=1S/C11H11BrFNO2/c1-5-4-6-7(12)2-3-8(13)9(6)10(14-5)11(15)16/h2-3,5,10,14H,4H2,1H3,(H,15,16). The van der Waals surface area contributed by atoms with Crippen molar-refractivity contribution in [2.45, 2.75) is 25.4 Å². The number of benzene rings is 1. The fraction of sp³-hybridized carbons (Fsp3) is 0.364. The van der Waals surface area contributed by atoms with Crippen molar-refractivity contribution in [3.8, 4) is 0 Å². The minimum Gasteiger partial charge on any atom is -0.480 e. The predicted octanol–water partition coefficient (Wildman–Crippen LogP) is 2.25. The van der Waals surface area contributed by atoms with Crippen LogP contribution in [0.5, 0.6) is 0 Å². The molecule has 0 fully saturated rings. The monoisotopic (exact) mass is 287 g/mol. The van der Waals surface area contributed by atoms with Gasteiger partial charge in [-0.05, 0) is 31.0 Å². The molecule has 1 aliphatic rings. The molecule has 1 aliphatic heterocycles.